The quantitative estimate of drug-likeness (QED) is 0.160. The number of fused-ring (bicyclic) bond motifs is 8. The molecule has 2 aliphatic rings. The maximum Gasteiger partial charge on any atom is 0.119 e. The molecule has 41 heavy (non-hydrogen) atoms. The van der Waals surface area contributed by atoms with Crippen LogP contribution in [0.4, 0.5) is 0 Å². The number of aromatic nitrogens is 4. The van der Waals surface area contributed by atoms with Crippen molar-refractivity contribution in [3.05, 3.63) is 89.5 Å². The highest BCUT2D eigenvalue weighted by atomic mass is 16.5. The van der Waals surface area contributed by atoms with Gasteiger partial charge in [0.05, 0.1) is 29.4 Å². The number of ether oxygens (including phenoxy) is 1. The lowest BCUT2D eigenvalue weighted by atomic mass is 10.1. The predicted octanol–water partition coefficient (Wildman–Crippen LogP) is 9.84. The Kier molecular flexibility index (Phi) is 8.41. The molecule has 8 bridgehead atoms. The first-order chi connectivity index (χ1) is 20.2. The summed E-state index contributed by atoms with van der Waals surface area (Å²) in [5.74, 6) is 0.921. The standard InChI is InChI=1S/C36H38N4O/c1-2-3-4-5-6-7-8-9-20-41-34-18-10-26(11-19-34)35-24-33-23-31-15-14-29(38-31)21-27-12-13-28(37-27)22-30-16-17-32(39-30)25-36(35)40-33/h10-19,21-25,37,40H,2-9,20H2,1H3. The molecule has 0 unspecified atom stereocenters. The molecule has 2 N–H and O–H groups in total. The molecule has 0 atom stereocenters. The van der Waals surface area contributed by atoms with Crippen LogP contribution in [-0.4, -0.2) is 26.5 Å². The molecule has 0 spiro atoms. The average molecular weight is 543 g/mol. The third-order valence-corrected chi connectivity index (χ3v) is 7.60. The second-order valence-electron chi connectivity index (χ2n) is 10.9. The number of rotatable bonds is 11. The van der Waals surface area contributed by atoms with Gasteiger partial charge in [-0.1, -0.05) is 64.0 Å². The lowest BCUT2D eigenvalue weighted by molar-refractivity contribution is 0.304. The Morgan fingerprint density at radius 3 is 1.76 bits per heavy atom. The van der Waals surface area contributed by atoms with Crippen LogP contribution in [0.5, 0.6) is 5.75 Å². The van der Waals surface area contributed by atoms with Crippen molar-refractivity contribution in [3.63, 3.8) is 0 Å². The maximum absolute atomic E-state index is 6.06. The van der Waals surface area contributed by atoms with E-state index in [9.17, 15) is 0 Å². The van der Waals surface area contributed by atoms with Crippen molar-refractivity contribution < 1.29 is 4.74 Å². The lowest BCUT2D eigenvalue weighted by Gasteiger charge is -2.07. The molecule has 5 heterocycles. The van der Waals surface area contributed by atoms with E-state index in [-0.39, 0.29) is 0 Å². The van der Waals surface area contributed by atoms with Gasteiger partial charge < -0.3 is 14.7 Å². The number of H-pyrrole nitrogens is 2. The van der Waals surface area contributed by atoms with Gasteiger partial charge in [-0.25, -0.2) is 9.97 Å². The molecule has 0 amide bonds. The molecule has 1 aromatic carbocycles. The van der Waals surface area contributed by atoms with Crippen molar-refractivity contribution in [1.82, 2.24) is 19.9 Å². The highest BCUT2D eigenvalue weighted by Crippen LogP contribution is 2.29. The van der Waals surface area contributed by atoms with Gasteiger partial charge in [0.15, 0.2) is 0 Å². The molecular weight excluding hydrogens is 504 g/mol. The fraction of sp³-hybridized carbons (Fsp3) is 0.278. The van der Waals surface area contributed by atoms with Crippen molar-refractivity contribution >= 4 is 46.4 Å². The van der Waals surface area contributed by atoms with E-state index in [2.05, 4.69) is 89.7 Å². The smallest absolute Gasteiger partial charge is 0.119 e. The minimum atomic E-state index is 0.772. The fourth-order valence-corrected chi connectivity index (χ4v) is 5.41. The number of hydrogen-bond acceptors (Lipinski definition) is 3. The summed E-state index contributed by atoms with van der Waals surface area (Å²) in [7, 11) is 0. The van der Waals surface area contributed by atoms with Crippen LogP contribution in [0, 0.1) is 0 Å². The van der Waals surface area contributed by atoms with Gasteiger partial charge in [-0.15, -0.1) is 0 Å². The molecule has 5 nitrogen and oxygen atoms in total. The molecule has 5 heteroatoms. The summed E-state index contributed by atoms with van der Waals surface area (Å²) in [5, 5.41) is 0. The lowest BCUT2D eigenvalue weighted by Crippen LogP contribution is -1.97. The summed E-state index contributed by atoms with van der Waals surface area (Å²) in [6, 6.07) is 23.1. The van der Waals surface area contributed by atoms with Crippen molar-refractivity contribution in [2.45, 2.75) is 58.3 Å². The molecule has 4 aromatic rings. The largest absolute Gasteiger partial charge is 0.494 e. The first kappa shape index (κ1) is 26.8. The van der Waals surface area contributed by atoms with E-state index in [1.807, 2.05) is 18.2 Å². The molecule has 6 rings (SSSR count). The summed E-state index contributed by atoms with van der Waals surface area (Å²) >= 11 is 0. The van der Waals surface area contributed by atoms with E-state index in [1.54, 1.807) is 0 Å². The summed E-state index contributed by atoms with van der Waals surface area (Å²) in [6.07, 6.45) is 18.6. The molecule has 0 aliphatic carbocycles. The summed E-state index contributed by atoms with van der Waals surface area (Å²) < 4.78 is 6.06. The van der Waals surface area contributed by atoms with Crippen molar-refractivity contribution in [2.75, 3.05) is 6.61 Å². The number of hydrogen-bond donors (Lipinski definition) is 2. The minimum absolute atomic E-state index is 0.772. The van der Waals surface area contributed by atoms with E-state index in [0.717, 1.165) is 74.7 Å². The normalized spacial score (nSPS) is 12.2. The molecule has 2 aliphatic heterocycles. The summed E-state index contributed by atoms with van der Waals surface area (Å²) in [4.78, 5) is 16.7. The zero-order chi connectivity index (χ0) is 27.9. The average Bonchev–Trinajstić information content (AvgIpc) is 3.78. The predicted molar refractivity (Wildman–Crippen MR) is 172 cm³/mol. The molecule has 0 saturated carbocycles. The van der Waals surface area contributed by atoms with E-state index in [4.69, 9.17) is 14.7 Å². The van der Waals surface area contributed by atoms with Crippen LogP contribution >= 0.6 is 0 Å². The highest BCUT2D eigenvalue weighted by molar-refractivity contribution is 5.88. The Hall–Kier alpha value is -4.38. The third-order valence-electron chi connectivity index (χ3n) is 7.60. The Labute approximate surface area is 242 Å². The van der Waals surface area contributed by atoms with Crippen LogP contribution in [0.1, 0.15) is 81.1 Å². The topological polar surface area (TPSA) is 66.6 Å². The number of aromatic amines is 2. The maximum atomic E-state index is 6.06. The zero-order valence-corrected chi connectivity index (χ0v) is 23.8. The summed E-state index contributed by atoms with van der Waals surface area (Å²) in [6.45, 7) is 3.04. The zero-order valence-electron chi connectivity index (χ0n) is 23.8. The minimum Gasteiger partial charge on any atom is -0.494 e. The molecule has 208 valence electrons. The number of benzene rings is 1. The summed E-state index contributed by atoms with van der Waals surface area (Å²) in [5.41, 5.74) is 9.96. The second kappa shape index (κ2) is 12.9. The first-order valence-electron chi connectivity index (χ1n) is 15.0. The first-order valence-corrected chi connectivity index (χ1v) is 15.0. The van der Waals surface area contributed by atoms with Gasteiger partial charge in [0.25, 0.3) is 0 Å². The van der Waals surface area contributed by atoms with Gasteiger partial charge in [-0.05, 0) is 90.9 Å². The van der Waals surface area contributed by atoms with Crippen molar-refractivity contribution in [3.8, 4) is 16.9 Å². The van der Waals surface area contributed by atoms with E-state index < -0.39 is 0 Å². The van der Waals surface area contributed by atoms with E-state index in [1.165, 1.54) is 44.9 Å². The van der Waals surface area contributed by atoms with Crippen molar-refractivity contribution in [1.29, 1.82) is 0 Å². The van der Waals surface area contributed by atoms with Gasteiger partial charge in [-0.3, -0.25) is 0 Å². The Morgan fingerprint density at radius 1 is 0.561 bits per heavy atom. The van der Waals surface area contributed by atoms with Gasteiger partial charge in [-0.2, -0.15) is 0 Å². The van der Waals surface area contributed by atoms with Crippen LogP contribution in [0.15, 0.2) is 66.7 Å². The van der Waals surface area contributed by atoms with Crippen LogP contribution < -0.4 is 4.74 Å². The van der Waals surface area contributed by atoms with Crippen LogP contribution in [0.3, 0.4) is 0 Å². The van der Waals surface area contributed by atoms with Gasteiger partial charge in [0.2, 0.25) is 0 Å². The number of unbranched alkanes of at least 4 members (excludes halogenated alkanes) is 7. The monoisotopic (exact) mass is 542 g/mol. The van der Waals surface area contributed by atoms with E-state index in [0.29, 0.717) is 0 Å². The SMILES string of the molecule is CCCCCCCCCCOc1ccc(-c2cc3cc4nc(cc5ccc(cc6nc(cc2[nH]3)C=C6)[nH]5)C=C4)cc1. The molecule has 0 fully saturated rings. The Balaban J connectivity index is 1.24. The van der Waals surface area contributed by atoms with E-state index >= 15 is 0 Å². The van der Waals surface area contributed by atoms with Crippen LogP contribution in [-0.2, 0) is 0 Å². The fourth-order valence-electron chi connectivity index (χ4n) is 5.41. The van der Waals surface area contributed by atoms with Crippen LogP contribution in [0.2, 0.25) is 0 Å². The molecule has 0 radical (unpaired) electrons. The van der Waals surface area contributed by atoms with Crippen molar-refractivity contribution in [2.24, 2.45) is 0 Å². The second-order valence-corrected chi connectivity index (χ2v) is 10.9. The highest BCUT2D eigenvalue weighted by Gasteiger charge is 2.08. The van der Waals surface area contributed by atoms with Gasteiger partial charge in [0, 0.05) is 27.6 Å². The molecular formula is C36H38N4O. The third kappa shape index (κ3) is 7.04. The van der Waals surface area contributed by atoms with Gasteiger partial charge in [0.1, 0.15) is 5.75 Å². The number of nitrogens with one attached hydrogen (secondary N) is 2. The Morgan fingerprint density at radius 2 is 1.12 bits per heavy atom. The number of nitrogens with zero attached hydrogens (tertiary/aromatic N) is 2. The van der Waals surface area contributed by atoms with Crippen LogP contribution in [0.25, 0.3) is 57.5 Å². The van der Waals surface area contributed by atoms with Gasteiger partial charge >= 0.3 is 0 Å². The Bertz CT molecular complexity index is 1710. The molecule has 3 aromatic heterocycles. The molecule has 0 saturated heterocycles.